The number of benzene rings is 4. The highest BCUT2D eigenvalue weighted by Gasteiger charge is 2.34. The van der Waals surface area contributed by atoms with Crippen LogP contribution in [0, 0.1) is 0 Å². The molecule has 34 heavy (non-hydrogen) atoms. The molecule has 0 bridgehead atoms. The number of fused-ring (bicyclic) bond motifs is 1. The SMILES string of the molecule is CC(C)(c1ccccc1)c1ccc(C(C)(C)c2ccccc2)c(-n2nc3ccccc3n2)c1O. The van der Waals surface area contributed by atoms with Crippen molar-refractivity contribution in [1.82, 2.24) is 15.0 Å². The fourth-order valence-electron chi connectivity index (χ4n) is 4.77. The van der Waals surface area contributed by atoms with Crippen LogP contribution in [0.3, 0.4) is 0 Å². The van der Waals surface area contributed by atoms with Crippen LogP contribution in [0.1, 0.15) is 49.9 Å². The second-order valence-electron chi connectivity index (χ2n) is 9.82. The number of nitrogens with zero attached hydrogens (tertiary/aromatic N) is 3. The van der Waals surface area contributed by atoms with E-state index >= 15 is 0 Å². The predicted octanol–water partition coefficient (Wildman–Crippen LogP) is 6.78. The van der Waals surface area contributed by atoms with Gasteiger partial charge in [0.1, 0.15) is 22.5 Å². The van der Waals surface area contributed by atoms with Gasteiger partial charge in [-0.25, -0.2) is 0 Å². The van der Waals surface area contributed by atoms with E-state index in [1.54, 1.807) is 4.80 Å². The van der Waals surface area contributed by atoms with Gasteiger partial charge >= 0.3 is 0 Å². The fraction of sp³-hybridized carbons (Fsp3) is 0.200. The van der Waals surface area contributed by atoms with Crippen LogP contribution in [0.4, 0.5) is 0 Å². The average Bonchev–Trinajstić information content (AvgIpc) is 3.28. The van der Waals surface area contributed by atoms with Gasteiger partial charge in [-0.15, -0.1) is 15.0 Å². The van der Waals surface area contributed by atoms with Gasteiger partial charge in [-0.2, -0.15) is 0 Å². The van der Waals surface area contributed by atoms with Gasteiger partial charge in [-0.1, -0.05) is 113 Å². The van der Waals surface area contributed by atoms with Crippen molar-refractivity contribution >= 4 is 11.0 Å². The van der Waals surface area contributed by atoms with Crippen molar-refractivity contribution < 1.29 is 5.11 Å². The fourth-order valence-corrected chi connectivity index (χ4v) is 4.77. The number of phenolic OH excluding ortho intramolecular Hbond substituents is 1. The maximum Gasteiger partial charge on any atom is 0.147 e. The first-order chi connectivity index (χ1) is 16.3. The first-order valence-electron chi connectivity index (χ1n) is 11.6. The zero-order valence-corrected chi connectivity index (χ0v) is 20.0. The lowest BCUT2D eigenvalue weighted by molar-refractivity contribution is 0.442. The smallest absolute Gasteiger partial charge is 0.147 e. The maximum atomic E-state index is 11.9. The Labute approximate surface area is 200 Å². The molecule has 0 aliphatic rings. The van der Waals surface area contributed by atoms with E-state index in [2.05, 4.69) is 64.1 Å². The minimum absolute atomic E-state index is 0.204. The topological polar surface area (TPSA) is 50.9 Å². The molecule has 4 aromatic carbocycles. The molecule has 170 valence electrons. The van der Waals surface area contributed by atoms with Crippen molar-refractivity contribution in [2.45, 2.75) is 38.5 Å². The van der Waals surface area contributed by atoms with Crippen LogP contribution in [-0.4, -0.2) is 20.1 Å². The van der Waals surface area contributed by atoms with Crippen LogP contribution >= 0.6 is 0 Å². The van der Waals surface area contributed by atoms with E-state index in [1.807, 2.05) is 60.7 Å². The molecule has 0 aliphatic carbocycles. The summed E-state index contributed by atoms with van der Waals surface area (Å²) < 4.78 is 0. The quantitative estimate of drug-likeness (QED) is 0.323. The third-order valence-corrected chi connectivity index (χ3v) is 6.98. The number of hydrogen-bond donors (Lipinski definition) is 1. The number of aromatic nitrogens is 3. The zero-order valence-electron chi connectivity index (χ0n) is 20.0. The first-order valence-corrected chi connectivity index (χ1v) is 11.6. The van der Waals surface area contributed by atoms with E-state index in [-0.39, 0.29) is 11.2 Å². The molecule has 0 atom stereocenters. The molecule has 5 rings (SSSR count). The molecule has 0 fully saturated rings. The highest BCUT2D eigenvalue weighted by atomic mass is 16.3. The van der Waals surface area contributed by atoms with Crippen molar-refractivity contribution in [2.75, 3.05) is 0 Å². The molecule has 0 saturated carbocycles. The maximum absolute atomic E-state index is 11.9. The van der Waals surface area contributed by atoms with Crippen LogP contribution in [0.2, 0.25) is 0 Å². The molecular formula is C30H29N3O. The van der Waals surface area contributed by atoms with E-state index < -0.39 is 5.41 Å². The molecule has 0 aliphatic heterocycles. The molecule has 0 amide bonds. The zero-order chi connectivity index (χ0) is 23.9. The normalized spacial score (nSPS) is 12.2. The standard InChI is InChI=1S/C30H29N3O/c1-29(2,21-13-7-5-8-14-21)23-19-20-24(30(3,4)22-15-9-6-10-16-22)28(34)27(23)33-31-25-17-11-12-18-26(25)32-33/h5-20,34H,1-4H3. The van der Waals surface area contributed by atoms with Gasteiger partial charge in [0.15, 0.2) is 0 Å². The van der Waals surface area contributed by atoms with E-state index in [1.165, 1.54) is 0 Å². The third-order valence-electron chi connectivity index (χ3n) is 6.98. The Bertz CT molecular complexity index is 1420. The van der Waals surface area contributed by atoms with E-state index in [4.69, 9.17) is 10.2 Å². The molecule has 0 saturated heterocycles. The van der Waals surface area contributed by atoms with E-state index in [0.29, 0.717) is 5.69 Å². The highest BCUT2D eigenvalue weighted by molar-refractivity contribution is 5.74. The molecule has 0 unspecified atom stereocenters. The molecular weight excluding hydrogens is 418 g/mol. The minimum atomic E-state index is -0.415. The monoisotopic (exact) mass is 447 g/mol. The van der Waals surface area contributed by atoms with Crippen LogP contribution in [0.5, 0.6) is 5.75 Å². The van der Waals surface area contributed by atoms with Crippen molar-refractivity contribution in [3.63, 3.8) is 0 Å². The molecule has 0 radical (unpaired) electrons. The summed E-state index contributed by atoms with van der Waals surface area (Å²) in [7, 11) is 0. The Hall–Kier alpha value is -3.92. The molecule has 4 nitrogen and oxygen atoms in total. The van der Waals surface area contributed by atoms with Gasteiger partial charge < -0.3 is 5.11 Å². The lowest BCUT2D eigenvalue weighted by atomic mass is 9.73. The summed E-state index contributed by atoms with van der Waals surface area (Å²) in [5, 5.41) is 21.4. The average molecular weight is 448 g/mol. The molecule has 1 N–H and O–H groups in total. The number of phenols is 1. The van der Waals surface area contributed by atoms with Crippen molar-refractivity contribution in [3.8, 4) is 11.4 Å². The van der Waals surface area contributed by atoms with Crippen LogP contribution in [0.15, 0.2) is 97.1 Å². The van der Waals surface area contributed by atoms with Gasteiger partial charge in [0.25, 0.3) is 0 Å². The summed E-state index contributed by atoms with van der Waals surface area (Å²) in [6.07, 6.45) is 0. The summed E-state index contributed by atoms with van der Waals surface area (Å²) >= 11 is 0. The highest BCUT2D eigenvalue weighted by Crippen LogP contribution is 2.45. The second kappa shape index (κ2) is 8.14. The van der Waals surface area contributed by atoms with E-state index in [9.17, 15) is 5.11 Å². The van der Waals surface area contributed by atoms with Gasteiger partial charge in [0.05, 0.1) is 0 Å². The van der Waals surface area contributed by atoms with Crippen molar-refractivity contribution in [3.05, 3.63) is 119 Å². The van der Waals surface area contributed by atoms with Crippen molar-refractivity contribution in [2.24, 2.45) is 0 Å². The van der Waals surface area contributed by atoms with E-state index in [0.717, 1.165) is 33.3 Å². The Morgan fingerprint density at radius 1 is 0.559 bits per heavy atom. The molecule has 4 heteroatoms. The lowest BCUT2D eigenvalue weighted by Crippen LogP contribution is -2.25. The summed E-state index contributed by atoms with van der Waals surface area (Å²) in [4.78, 5) is 1.60. The van der Waals surface area contributed by atoms with Crippen LogP contribution in [0.25, 0.3) is 16.7 Å². The molecule has 1 heterocycles. The number of rotatable bonds is 5. The summed E-state index contributed by atoms with van der Waals surface area (Å²) in [5.41, 5.74) is 5.48. The van der Waals surface area contributed by atoms with Crippen LogP contribution < -0.4 is 0 Å². The third kappa shape index (κ3) is 3.56. The second-order valence-corrected chi connectivity index (χ2v) is 9.82. The predicted molar refractivity (Wildman–Crippen MR) is 138 cm³/mol. The van der Waals surface area contributed by atoms with Crippen LogP contribution in [-0.2, 0) is 10.8 Å². The van der Waals surface area contributed by atoms with Crippen molar-refractivity contribution in [1.29, 1.82) is 0 Å². The first kappa shape index (κ1) is 21.9. The van der Waals surface area contributed by atoms with Gasteiger partial charge in [-0.3, -0.25) is 0 Å². The Kier molecular flexibility index (Phi) is 5.24. The largest absolute Gasteiger partial charge is 0.505 e. The summed E-state index contributed by atoms with van der Waals surface area (Å²) in [6, 6.07) is 32.6. The molecule has 5 aromatic rings. The lowest BCUT2D eigenvalue weighted by Gasteiger charge is -2.32. The minimum Gasteiger partial charge on any atom is -0.505 e. The van der Waals surface area contributed by atoms with Gasteiger partial charge in [0, 0.05) is 16.4 Å². The Balaban J connectivity index is 1.79. The Morgan fingerprint density at radius 2 is 0.971 bits per heavy atom. The molecule has 0 spiro atoms. The number of hydrogen-bond acceptors (Lipinski definition) is 3. The van der Waals surface area contributed by atoms with Gasteiger partial charge in [0.2, 0.25) is 0 Å². The molecule has 1 aromatic heterocycles. The summed E-state index contributed by atoms with van der Waals surface area (Å²) in [6.45, 7) is 8.62. The van der Waals surface area contributed by atoms with Gasteiger partial charge in [-0.05, 0) is 28.8 Å². The summed E-state index contributed by atoms with van der Waals surface area (Å²) in [5.74, 6) is 0.204. The number of aromatic hydroxyl groups is 1. The Morgan fingerprint density at radius 3 is 1.47 bits per heavy atom.